The molecule has 0 N–H and O–H groups in total. The van der Waals surface area contributed by atoms with Crippen molar-refractivity contribution in [1.29, 1.82) is 0 Å². The first-order valence-electron chi connectivity index (χ1n) is 9.11. The van der Waals surface area contributed by atoms with Crippen LogP contribution in [0, 0.1) is 5.82 Å². The Morgan fingerprint density at radius 2 is 2.15 bits per heavy atom. The van der Waals surface area contributed by atoms with E-state index in [0.717, 1.165) is 26.1 Å². The number of ketones is 1. The normalized spacial score (nSPS) is 17.0. The lowest BCUT2D eigenvalue weighted by Gasteiger charge is -2.25. The minimum atomic E-state index is -0.466. The molecule has 0 amide bonds. The predicted octanol–water partition coefficient (Wildman–Crippen LogP) is 2.83. The number of anilines is 1. The standard InChI is InChI=1S/C19H25FN4O3/c1-13(25)18-15(20)6-4-7-16(18)24-9-5-8-23(10-11-24)12-17-21-19(22-27-17)14(2)26-3/h4,6-7,14H,5,8-12H2,1-3H3. The van der Waals surface area contributed by atoms with Gasteiger partial charge in [0.25, 0.3) is 0 Å². The molecule has 1 atom stereocenters. The van der Waals surface area contributed by atoms with Crippen LogP contribution < -0.4 is 4.90 Å². The second kappa shape index (κ2) is 8.58. The molecular weight excluding hydrogens is 351 g/mol. The maximum Gasteiger partial charge on any atom is 0.240 e. The molecule has 1 unspecified atom stereocenters. The summed E-state index contributed by atoms with van der Waals surface area (Å²) < 4.78 is 24.6. The van der Waals surface area contributed by atoms with E-state index in [1.807, 2.05) is 13.0 Å². The van der Waals surface area contributed by atoms with Crippen molar-refractivity contribution in [2.75, 3.05) is 38.2 Å². The molecule has 1 fully saturated rings. The molecule has 2 heterocycles. The number of benzene rings is 1. The summed E-state index contributed by atoms with van der Waals surface area (Å²) in [5.74, 6) is 0.369. The fourth-order valence-electron chi connectivity index (χ4n) is 3.29. The zero-order chi connectivity index (χ0) is 19.4. The molecule has 0 radical (unpaired) electrons. The van der Waals surface area contributed by atoms with E-state index >= 15 is 0 Å². The largest absolute Gasteiger partial charge is 0.374 e. The lowest BCUT2D eigenvalue weighted by Crippen LogP contribution is -2.31. The monoisotopic (exact) mass is 376 g/mol. The average Bonchev–Trinajstić information content (AvgIpc) is 2.98. The summed E-state index contributed by atoms with van der Waals surface area (Å²) in [5.41, 5.74) is 0.833. The number of Topliss-reactive ketones (excluding diaryl/α,β-unsaturated/α-hetero) is 1. The van der Waals surface area contributed by atoms with Crippen molar-refractivity contribution < 1.29 is 18.4 Å². The Morgan fingerprint density at radius 3 is 2.89 bits per heavy atom. The maximum absolute atomic E-state index is 14.1. The second-order valence-electron chi connectivity index (χ2n) is 6.73. The van der Waals surface area contributed by atoms with Crippen LogP contribution in [0.1, 0.15) is 48.4 Å². The highest BCUT2D eigenvalue weighted by molar-refractivity contribution is 6.00. The minimum absolute atomic E-state index is 0.168. The maximum atomic E-state index is 14.1. The van der Waals surface area contributed by atoms with Crippen LogP contribution in [0.3, 0.4) is 0 Å². The first-order chi connectivity index (χ1) is 13.0. The molecule has 1 saturated heterocycles. The van der Waals surface area contributed by atoms with Crippen LogP contribution in [-0.4, -0.2) is 54.1 Å². The first kappa shape index (κ1) is 19.4. The summed E-state index contributed by atoms with van der Waals surface area (Å²) in [6, 6.07) is 4.79. The van der Waals surface area contributed by atoms with Crippen LogP contribution in [0.2, 0.25) is 0 Å². The van der Waals surface area contributed by atoms with Crippen molar-refractivity contribution in [1.82, 2.24) is 15.0 Å². The minimum Gasteiger partial charge on any atom is -0.374 e. The molecule has 1 aliphatic rings. The molecule has 1 aromatic carbocycles. The number of ether oxygens (including phenoxy) is 1. The summed E-state index contributed by atoms with van der Waals surface area (Å²) in [7, 11) is 1.60. The fourth-order valence-corrected chi connectivity index (χ4v) is 3.29. The summed E-state index contributed by atoms with van der Waals surface area (Å²) in [6.45, 7) is 6.89. The van der Waals surface area contributed by atoms with E-state index in [-0.39, 0.29) is 17.5 Å². The van der Waals surface area contributed by atoms with Gasteiger partial charge in [-0.25, -0.2) is 4.39 Å². The third kappa shape index (κ3) is 4.51. The van der Waals surface area contributed by atoms with Crippen molar-refractivity contribution in [3.63, 3.8) is 0 Å². The number of rotatable bonds is 6. The number of carbonyl (C=O) groups excluding carboxylic acids is 1. The smallest absolute Gasteiger partial charge is 0.240 e. The van der Waals surface area contributed by atoms with Crippen molar-refractivity contribution in [3.8, 4) is 0 Å². The molecule has 27 heavy (non-hydrogen) atoms. The van der Waals surface area contributed by atoms with Gasteiger partial charge in [-0.3, -0.25) is 9.69 Å². The highest BCUT2D eigenvalue weighted by Gasteiger charge is 2.22. The van der Waals surface area contributed by atoms with E-state index in [0.29, 0.717) is 30.5 Å². The Kier molecular flexibility index (Phi) is 6.18. The molecule has 1 aromatic heterocycles. The van der Waals surface area contributed by atoms with Gasteiger partial charge in [0.15, 0.2) is 11.6 Å². The SMILES string of the molecule is COC(C)c1noc(CN2CCCN(c3cccc(F)c3C(C)=O)CC2)n1. The number of nitrogens with zero attached hydrogens (tertiary/aromatic N) is 4. The Balaban J connectivity index is 1.67. The summed E-state index contributed by atoms with van der Waals surface area (Å²) in [4.78, 5) is 20.6. The van der Waals surface area contributed by atoms with Crippen molar-refractivity contribution in [2.24, 2.45) is 0 Å². The van der Waals surface area contributed by atoms with Gasteiger partial charge < -0.3 is 14.2 Å². The van der Waals surface area contributed by atoms with Crippen LogP contribution >= 0.6 is 0 Å². The fraction of sp³-hybridized carbons (Fsp3) is 0.526. The topological polar surface area (TPSA) is 71.7 Å². The van der Waals surface area contributed by atoms with Gasteiger partial charge in [-0.05, 0) is 32.4 Å². The summed E-state index contributed by atoms with van der Waals surface area (Å²) in [5, 5.41) is 3.95. The highest BCUT2D eigenvalue weighted by Crippen LogP contribution is 2.25. The Morgan fingerprint density at radius 1 is 1.33 bits per heavy atom. The van der Waals surface area contributed by atoms with Gasteiger partial charge in [0.1, 0.15) is 11.9 Å². The van der Waals surface area contributed by atoms with Crippen molar-refractivity contribution >= 4 is 11.5 Å². The molecule has 8 heteroatoms. The average molecular weight is 376 g/mol. The van der Waals surface area contributed by atoms with E-state index in [9.17, 15) is 9.18 Å². The lowest BCUT2D eigenvalue weighted by atomic mass is 10.1. The number of halogens is 1. The predicted molar refractivity (Wildman–Crippen MR) is 98.2 cm³/mol. The van der Waals surface area contributed by atoms with E-state index in [2.05, 4.69) is 19.9 Å². The highest BCUT2D eigenvalue weighted by atomic mass is 19.1. The number of hydrogen-bond acceptors (Lipinski definition) is 7. The quantitative estimate of drug-likeness (QED) is 0.718. The van der Waals surface area contributed by atoms with Crippen LogP contribution in [-0.2, 0) is 11.3 Å². The zero-order valence-corrected chi connectivity index (χ0v) is 15.9. The van der Waals surface area contributed by atoms with Gasteiger partial charge in [0.2, 0.25) is 5.89 Å². The number of aromatic nitrogens is 2. The van der Waals surface area contributed by atoms with E-state index in [1.54, 1.807) is 13.2 Å². The molecular formula is C19H25FN4O3. The summed E-state index contributed by atoms with van der Waals surface area (Å²) >= 11 is 0. The van der Waals surface area contributed by atoms with Crippen LogP contribution in [0.4, 0.5) is 10.1 Å². The lowest BCUT2D eigenvalue weighted by molar-refractivity contribution is 0.101. The number of hydrogen-bond donors (Lipinski definition) is 0. The van der Waals surface area contributed by atoms with Crippen molar-refractivity contribution in [2.45, 2.75) is 32.9 Å². The van der Waals surface area contributed by atoms with Gasteiger partial charge in [0.05, 0.1) is 17.8 Å². The van der Waals surface area contributed by atoms with Gasteiger partial charge in [-0.1, -0.05) is 11.2 Å². The molecule has 0 bridgehead atoms. The van der Waals surface area contributed by atoms with Crippen LogP contribution in [0.25, 0.3) is 0 Å². The van der Waals surface area contributed by atoms with Gasteiger partial charge in [-0.2, -0.15) is 4.98 Å². The molecule has 0 spiro atoms. The molecule has 7 nitrogen and oxygen atoms in total. The third-order valence-corrected chi connectivity index (χ3v) is 4.83. The van der Waals surface area contributed by atoms with Crippen LogP contribution in [0.5, 0.6) is 0 Å². The molecule has 3 rings (SSSR count). The Hall–Kier alpha value is -2.32. The Bertz CT molecular complexity index is 795. The van der Waals surface area contributed by atoms with Gasteiger partial charge in [-0.15, -0.1) is 0 Å². The van der Waals surface area contributed by atoms with Crippen LogP contribution in [0.15, 0.2) is 22.7 Å². The molecule has 2 aromatic rings. The number of carbonyl (C=O) groups is 1. The Labute approximate surface area is 158 Å². The zero-order valence-electron chi connectivity index (χ0n) is 15.9. The second-order valence-corrected chi connectivity index (χ2v) is 6.73. The molecule has 1 aliphatic heterocycles. The van der Waals surface area contributed by atoms with Gasteiger partial charge in [0, 0.05) is 33.3 Å². The number of methoxy groups -OCH3 is 1. The molecule has 0 aliphatic carbocycles. The van der Waals surface area contributed by atoms with E-state index in [4.69, 9.17) is 9.26 Å². The van der Waals surface area contributed by atoms with Gasteiger partial charge >= 0.3 is 0 Å². The third-order valence-electron chi connectivity index (χ3n) is 4.83. The first-order valence-corrected chi connectivity index (χ1v) is 9.11. The molecule has 0 saturated carbocycles. The molecule has 146 valence electrons. The summed E-state index contributed by atoms with van der Waals surface area (Å²) in [6.07, 6.45) is 0.684. The van der Waals surface area contributed by atoms with Crippen molar-refractivity contribution in [3.05, 3.63) is 41.3 Å². The van der Waals surface area contributed by atoms with E-state index in [1.165, 1.54) is 13.0 Å². The van der Waals surface area contributed by atoms with E-state index < -0.39 is 5.82 Å².